The van der Waals surface area contributed by atoms with Gasteiger partial charge in [0.2, 0.25) is 11.8 Å². The summed E-state index contributed by atoms with van der Waals surface area (Å²) in [6.45, 7) is 4.81. The smallest absolute Gasteiger partial charge is 0.246 e. The molecular weight excluding hydrogens is 360 g/mol. The number of benzene rings is 2. The van der Waals surface area contributed by atoms with Gasteiger partial charge in [-0.1, -0.05) is 67.6 Å². The standard InChI is InChI=1S/C25H30N2O2/c1-2-17-27(20-22-11-7-4-8-12-22)25(29)23-15-18-26(19-16-23)24(28)14-13-21-9-5-3-6-10-21/h3-14,23H,2,15-20H2,1H3/b14-13+. The molecule has 2 aromatic rings. The topological polar surface area (TPSA) is 40.6 Å². The molecule has 1 heterocycles. The van der Waals surface area contributed by atoms with Crippen molar-refractivity contribution in [3.8, 4) is 0 Å². The van der Waals surface area contributed by atoms with Crippen LogP contribution in [0.4, 0.5) is 0 Å². The van der Waals surface area contributed by atoms with E-state index in [1.54, 1.807) is 6.08 Å². The van der Waals surface area contributed by atoms with Crippen LogP contribution in [0.1, 0.15) is 37.3 Å². The van der Waals surface area contributed by atoms with Crippen molar-refractivity contribution in [1.29, 1.82) is 0 Å². The minimum Gasteiger partial charge on any atom is -0.339 e. The predicted octanol–water partition coefficient (Wildman–Crippen LogP) is 4.38. The third kappa shape index (κ3) is 6.05. The van der Waals surface area contributed by atoms with E-state index in [2.05, 4.69) is 19.1 Å². The second-order valence-corrected chi connectivity index (χ2v) is 7.59. The molecule has 2 aromatic carbocycles. The van der Waals surface area contributed by atoms with Gasteiger partial charge in [0.05, 0.1) is 0 Å². The lowest BCUT2D eigenvalue weighted by molar-refractivity contribution is -0.140. The minimum atomic E-state index is 0.00687. The Hall–Kier alpha value is -2.88. The molecule has 2 amide bonds. The van der Waals surface area contributed by atoms with Crippen LogP contribution in [0.15, 0.2) is 66.7 Å². The highest BCUT2D eigenvalue weighted by atomic mass is 16.2. The number of hydrogen-bond acceptors (Lipinski definition) is 2. The average Bonchev–Trinajstić information content (AvgIpc) is 2.78. The zero-order chi connectivity index (χ0) is 20.5. The molecule has 3 rings (SSSR count). The Morgan fingerprint density at radius 1 is 1.00 bits per heavy atom. The van der Waals surface area contributed by atoms with E-state index >= 15 is 0 Å². The van der Waals surface area contributed by atoms with Crippen LogP contribution in [-0.2, 0) is 16.1 Å². The number of nitrogens with zero attached hydrogens (tertiary/aromatic N) is 2. The SMILES string of the molecule is CCCN(Cc1ccccc1)C(=O)C1CCN(C(=O)/C=C/c2ccccc2)CC1. The van der Waals surface area contributed by atoms with E-state index in [-0.39, 0.29) is 17.7 Å². The van der Waals surface area contributed by atoms with Gasteiger partial charge in [0.1, 0.15) is 0 Å². The quantitative estimate of drug-likeness (QED) is 0.659. The van der Waals surface area contributed by atoms with Gasteiger partial charge in [0, 0.05) is 38.2 Å². The van der Waals surface area contributed by atoms with Crippen LogP contribution in [0.2, 0.25) is 0 Å². The minimum absolute atomic E-state index is 0.00687. The Bertz CT molecular complexity index is 809. The van der Waals surface area contributed by atoms with Gasteiger partial charge in [0.25, 0.3) is 0 Å². The number of likely N-dealkylation sites (tertiary alicyclic amines) is 1. The second-order valence-electron chi connectivity index (χ2n) is 7.59. The molecule has 4 nitrogen and oxygen atoms in total. The lowest BCUT2D eigenvalue weighted by atomic mass is 9.94. The Balaban J connectivity index is 1.53. The molecule has 0 N–H and O–H groups in total. The maximum absolute atomic E-state index is 13.1. The Morgan fingerprint density at radius 3 is 2.24 bits per heavy atom. The van der Waals surface area contributed by atoms with Crippen molar-refractivity contribution >= 4 is 17.9 Å². The summed E-state index contributed by atoms with van der Waals surface area (Å²) >= 11 is 0. The fraction of sp³-hybridized carbons (Fsp3) is 0.360. The first kappa shape index (κ1) is 20.8. The van der Waals surface area contributed by atoms with E-state index in [1.165, 1.54) is 0 Å². The molecule has 152 valence electrons. The Kier molecular flexibility index (Phi) is 7.62. The molecule has 0 saturated carbocycles. The van der Waals surface area contributed by atoms with Crippen molar-refractivity contribution in [2.75, 3.05) is 19.6 Å². The van der Waals surface area contributed by atoms with E-state index in [9.17, 15) is 9.59 Å². The monoisotopic (exact) mass is 390 g/mol. The highest BCUT2D eigenvalue weighted by Crippen LogP contribution is 2.21. The summed E-state index contributed by atoms with van der Waals surface area (Å²) in [7, 11) is 0. The molecule has 1 fully saturated rings. The van der Waals surface area contributed by atoms with Crippen molar-refractivity contribution in [3.63, 3.8) is 0 Å². The maximum atomic E-state index is 13.1. The molecule has 0 bridgehead atoms. The third-order valence-corrected chi connectivity index (χ3v) is 5.40. The Morgan fingerprint density at radius 2 is 1.62 bits per heavy atom. The first-order valence-electron chi connectivity index (χ1n) is 10.5. The van der Waals surface area contributed by atoms with Crippen molar-refractivity contribution in [3.05, 3.63) is 77.9 Å². The lowest BCUT2D eigenvalue weighted by Gasteiger charge is -2.34. The molecule has 4 heteroatoms. The fourth-order valence-electron chi connectivity index (χ4n) is 3.78. The first-order valence-corrected chi connectivity index (χ1v) is 10.5. The van der Waals surface area contributed by atoms with Crippen LogP contribution in [-0.4, -0.2) is 41.2 Å². The molecule has 0 radical (unpaired) electrons. The van der Waals surface area contributed by atoms with E-state index in [4.69, 9.17) is 0 Å². The summed E-state index contributed by atoms with van der Waals surface area (Å²) in [4.78, 5) is 29.4. The van der Waals surface area contributed by atoms with Crippen LogP contribution in [0.25, 0.3) is 6.08 Å². The van der Waals surface area contributed by atoms with Gasteiger partial charge in [-0.2, -0.15) is 0 Å². The van der Waals surface area contributed by atoms with E-state index in [0.717, 1.165) is 36.9 Å². The number of amides is 2. The van der Waals surface area contributed by atoms with Crippen LogP contribution in [0.5, 0.6) is 0 Å². The van der Waals surface area contributed by atoms with Gasteiger partial charge < -0.3 is 9.80 Å². The number of piperidine rings is 1. The van der Waals surface area contributed by atoms with E-state index in [0.29, 0.717) is 19.6 Å². The van der Waals surface area contributed by atoms with Crippen molar-refractivity contribution in [1.82, 2.24) is 9.80 Å². The normalized spacial score (nSPS) is 14.9. The highest BCUT2D eigenvalue weighted by Gasteiger charge is 2.29. The fourth-order valence-corrected chi connectivity index (χ4v) is 3.78. The van der Waals surface area contributed by atoms with Crippen LogP contribution < -0.4 is 0 Å². The molecular formula is C25H30N2O2. The Labute approximate surface area is 173 Å². The maximum Gasteiger partial charge on any atom is 0.246 e. The molecule has 0 aliphatic carbocycles. The number of carbonyl (C=O) groups excluding carboxylic acids is 2. The predicted molar refractivity (Wildman–Crippen MR) is 117 cm³/mol. The molecule has 29 heavy (non-hydrogen) atoms. The van der Waals surface area contributed by atoms with Crippen LogP contribution in [0.3, 0.4) is 0 Å². The van der Waals surface area contributed by atoms with Crippen molar-refractivity contribution in [2.45, 2.75) is 32.7 Å². The van der Waals surface area contributed by atoms with Gasteiger partial charge in [0.15, 0.2) is 0 Å². The van der Waals surface area contributed by atoms with Gasteiger partial charge in [-0.3, -0.25) is 9.59 Å². The zero-order valence-corrected chi connectivity index (χ0v) is 17.2. The molecule has 1 saturated heterocycles. The highest BCUT2D eigenvalue weighted by molar-refractivity contribution is 5.92. The van der Waals surface area contributed by atoms with Gasteiger partial charge in [-0.25, -0.2) is 0 Å². The van der Waals surface area contributed by atoms with Gasteiger partial charge in [-0.05, 0) is 36.5 Å². The van der Waals surface area contributed by atoms with Gasteiger partial charge >= 0.3 is 0 Å². The zero-order valence-electron chi connectivity index (χ0n) is 17.2. The molecule has 1 aliphatic rings. The summed E-state index contributed by atoms with van der Waals surface area (Å²) in [5.74, 6) is 0.254. The van der Waals surface area contributed by atoms with Crippen molar-refractivity contribution < 1.29 is 9.59 Å². The van der Waals surface area contributed by atoms with Crippen molar-refractivity contribution in [2.24, 2.45) is 5.92 Å². The summed E-state index contributed by atoms with van der Waals surface area (Å²) in [6, 6.07) is 20.0. The summed E-state index contributed by atoms with van der Waals surface area (Å²) < 4.78 is 0. The summed E-state index contributed by atoms with van der Waals surface area (Å²) in [5, 5.41) is 0. The lowest BCUT2D eigenvalue weighted by Crippen LogP contribution is -2.44. The molecule has 0 aromatic heterocycles. The first-order chi connectivity index (χ1) is 14.2. The number of hydrogen-bond donors (Lipinski definition) is 0. The largest absolute Gasteiger partial charge is 0.339 e. The summed E-state index contributed by atoms with van der Waals surface area (Å²) in [5.41, 5.74) is 2.18. The third-order valence-electron chi connectivity index (χ3n) is 5.40. The van der Waals surface area contributed by atoms with E-state index in [1.807, 2.05) is 64.4 Å². The van der Waals surface area contributed by atoms with E-state index < -0.39 is 0 Å². The van der Waals surface area contributed by atoms with Gasteiger partial charge in [-0.15, -0.1) is 0 Å². The number of rotatable bonds is 7. The molecule has 1 aliphatic heterocycles. The number of carbonyl (C=O) groups is 2. The average molecular weight is 391 g/mol. The van der Waals surface area contributed by atoms with Crippen LogP contribution in [0, 0.1) is 5.92 Å². The molecule has 0 unspecified atom stereocenters. The molecule has 0 atom stereocenters. The molecule has 0 spiro atoms. The summed E-state index contributed by atoms with van der Waals surface area (Å²) in [6.07, 6.45) is 5.90. The van der Waals surface area contributed by atoms with Crippen LogP contribution >= 0.6 is 0 Å². The second kappa shape index (κ2) is 10.6.